The number of halogens is 1. The Morgan fingerprint density at radius 1 is 1.30 bits per heavy atom. The molecule has 1 aromatic carbocycles. The van der Waals surface area contributed by atoms with E-state index in [0.29, 0.717) is 23.7 Å². The molecule has 1 atom stereocenters. The summed E-state index contributed by atoms with van der Waals surface area (Å²) < 4.78 is 4.70. The maximum Gasteiger partial charge on any atom is 0.310 e. The van der Waals surface area contributed by atoms with Crippen molar-refractivity contribution in [3.05, 3.63) is 34.9 Å². The molecule has 0 aliphatic heterocycles. The van der Waals surface area contributed by atoms with Crippen molar-refractivity contribution < 1.29 is 14.3 Å². The molecule has 1 aromatic rings. The van der Waals surface area contributed by atoms with Gasteiger partial charge in [0.05, 0.1) is 13.0 Å². The molecule has 110 valence electrons. The minimum atomic E-state index is -0.345. The van der Waals surface area contributed by atoms with Gasteiger partial charge in [0.2, 0.25) is 0 Å². The van der Waals surface area contributed by atoms with Crippen LogP contribution in [-0.4, -0.2) is 37.0 Å². The van der Waals surface area contributed by atoms with Gasteiger partial charge in [-0.05, 0) is 30.7 Å². The topological polar surface area (TPSA) is 46.6 Å². The zero-order valence-electron chi connectivity index (χ0n) is 12.1. The highest BCUT2D eigenvalue weighted by atomic mass is 35.5. The molecule has 0 saturated heterocycles. The number of nitrogens with zero attached hydrogens (tertiary/aromatic N) is 1. The second-order valence-corrected chi connectivity index (χ2v) is 5.12. The number of ether oxygens (including phenoxy) is 1. The molecule has 20 heavy (non-hydrogen) atoms. The molecule has 0 bridgehead atoms. The highest BCUT2D eigenvalue weighted by molar-refractivity contribution is 6.30. The van der Waals surface area contributed by atoms with Crippen molar-refractivity contribution in [2.45, 2.75) is 20.3 Å². The van der Waals surface area contributed by atoms with Gasteiger partial charge in [-0.3, -0.25) is 9.59 Å². The van der Waals surface area contributed by atoms with Crippen molar-refractivity contribution in [2.24, 2.45) is 5.92 Å². The molecular formula is C15H20ClNO3. The third kappa shape index (κ3) is 4.53. The van der Waals surface area contributed by atoms with Crippen LogP contribution in [0.1, 0.15) is 30.6 Å². The van der Waals surface area contributed by atoms with Gasteiger partial charge in [-0.15, -0.1) is 0 Å². The molecular weight excluding hydrogens is 278 g/mol. The summed E-state index contributed by atoms with van der Waals surface area (Å²) in [6.45, 7) is 4.69. The smallest absolute Gasteiger partial charge is 0.310 e. The molecule has 0 aromatic heterocycles. The predicted molar refractivity (Wildman–Crippen MR) is 78.8 cm³/mol. The largest absolute Gasteiger partial charge is 0.469 e. The Labute approximate surface area is 124 Å². The minimum absolute atomic E-state index is 0.0979. The van der Waals surface area contributed by atoms with Crippen molar-refractivity contribution in [1.82, 2.24) is 4.90 Å². The van der Waals surface area contributed by atoms with Crippen LogP contribution in [0.25, 0.3) is 0 Å². The fraction of sp³-hybridized carbons (Fsp3) is 0.467. The standard InChI is InChI=1S/C15H20ClNO3/c1-4-9-17(10-11(2)15(19)20-3)14(18)12-5-7-13(16)8-6-12/h5-8,11H,4,9-10H2,1-3H3. The van der Waals surface area contributed by atoms with Crippen molar-refractivity contribution in [3.63, 3.8) is 0 Å². The zero-order valence-corrected chi connectivity index (χ0v) is 12.8. The summed E-state index contributed by atoms with van der Waals surface area (Å²) in [5, 5.41) is 0.589. The number of esters is 1. The van der Waals surface area contributed by atoms with Gasteiger partial charge in [0.15, 0.2) is 0 Å². The normalized spacial score (nSPS) is 11.8. The van der Waals surface area contributed by atoms with Crippen molar-refractivity contribution in [1.29, 1.82) is 0 Å². The van der Waals surface area contributed by atoms with Gasteiger partial charge >= 0.3 is 5.97 Å². The Morgan fingerprint density at radius 2 is 1.90 bits per heavy atom. The first-order chi connectivity index (χ1) is 9.49. The first kappa shape index (κ1) is 16.5. The Morgan fingerprint density at radius 3 is 2.40 bits per heavy atom. The molecule has 0 fully saturated rings. The molecule has 0 radical (unpaired) electrons. The predicted octanol–water partition coefficient (Wildman–Crippen LogP) is 3.00. The van der Waals surface area contributed by atoms with Crippen LogP contribution in [0.2, 0.25) is 5.02 Å². The second-order valence-electron chi connectivity index (χ2n) is 4.68. The Hall–Kier alpha value is -1.55. The molecule has 0 spiro atoms. The highest BCUT2D eigenvalue weighted by Crippen LogP contribution is 2.13. The third-order valence-corrected chi connectivity index (χ3v) is 3.22. The Kier molecular flexibility index (Phi) is 6.52. The average molecular weight is 298 g/mol. The van der Waals surface area contributed by atoms with Crippen LogP contribution in [0.5, 0.6) is 0 Å². The molecule has 0 heterocycles. The lowest BCUT2D eigenvalue weighted by atomic mass is 10.1. The lowest BCUT2D eigenvalue weighted by Crippen LogP contribution is -2.37. The van der Waals surface area contributed by atoms with Crippen molar-refractivity contribution in [3.8, 4) is 0 Å². The lowest BCUT2D eigenvalue weighted by Gasteiger charge is -2.24. The number of methoxy groups -OCH3 is 1. The molecule has 1 amide bonds. The molecule has 0 N–H and O–H groups in total. The van der Waals surface area contributed by atoms with Gasteiger partial charge in [-0.25, -0.2) is 0 Å². The van der Waals surface area contributed by atoms with Crippen LogP contribution in [0.4, 0.5) is 0 Å². The number of carbonyl (C=O) groups excluding carboxylic acids is 2. The molecule has 0 aliphatic rings. The van der Waals surface area contributed by atoms with Gasteiger partial charge in [0.1, 0.15) is 0 Å². The fourth-order valence-corrected chi connectivity index (χ4v) is 2.05. The summed E-state index contributed by atoms with van der Waals surface area (Å²) in [6.07, 6.45) is 0.827. The quantitative estimate of drug-likeness (QED) is 0.758. The van der Waals surface area contributed by atoms with E-state index in [9.17, 15) is 9.59 Å². The van der Waals surface area contributed by atoms with Gasteiger partial charge in [-0.1, -0.05) is 25.4 Å². The van der Waals surface area contributed by atoms with E-state index in [2.05, 4.69) is 0 Å². The van der Waals surface area contributed by atoms with E-state index in [4.69, 9.17) is 16.3 Å². The third-order valence-electron chi connectivity index (χ3n) is 2.97. The average Bonchev–Trinajstić information content (AvgIpc) is 2.45. The minimum Gasteiger partial charge on any atom is -0.469 e. The first-order valence-corrected chi connectivity index (χ1v) is 7.00. The number of rotatable bonds is 6. The number of hydrogen-bond acceptors (Lipinski definition) is 3. The van der Waals surface area contributed by atoms with Gasteiger partial charge in [0, 0.05) is 23.7 Å². The van der Waals surface area contributed by atoms with E-state index in [-0.39, 0.29) is 17.8 Å². The summed E-state index contributed by atoms with van der Waals surface area (Å²) in [5.74, 6) is -0.753. The molecule has 5 heteroatoms. The summed E-state index contributed by atoms with van der Waals surface area (Å²) in [5.41, 5.74) is 0.569. The van der Waals surface area contributed by atoms with E-state index in [1.54, 1.807) is 36.1 Å². The number of benzene rings is 1. The van der Waals surface area contributed by atoms with E-state index in [1.807, 2.05) is 6.92 Å². The summed E-state index contributed by atoms with van der Waals surface area (Å²) >= 11 is 5.82. The van der Waals surface area contributed by atoms with Crippen molar-refractivity contribution >= 4 is 23.5 Å². The monoisotopic (exact) mass is 297 g/mol. The molecule has 1 rings (SSSR count). The summed E-state index contributed by atoms with van der Waals surface area (Å²) in [7, 11) is 1.35. The fourth-order valence-electron chi connectivity index (χ4n) is 1.93. The van der Waals surface area contributed by atoms with E-state index < -0.39 is 0 Å². The maximum absolute atomic E-state index is 12.4. The van der Waals surface area contributed by atoms with Crippen LogP contribution < -0.4 is 0 Å². The van der Waals surface area contributed by atoms with E-state index >= 15 is 0 Å². The van der Waals surface area contributed by atoms with Crippen LogP contribution in [0.15, 0.2) is 24.3 Å². The van der Waals surface area contributed by atoms with Crippen LogP contribution in [0.3, 0.4) is 0 Å². The summed E-state index contributed by atoms with van der Waals surface area (Å²) in [6, 6.07) is 6.75. The molecule has 1 unspecified atom stereocenters. The number of carbonyl (C=O) groups is 2. The van der Waals surface area contributed by atoms with Crippen LogP contribution >= 0.6 is 11.6 Å². The first-order valence-electron chi connectivity index (χ1n) is 6.62. The van der Waals surface area contributed by atoms with Gasteiger partial charge in [-0.2, -0.15) is 0 Å². The lowest BCUT2D eigenvalue weighted by molar-refractivity contribution is -0.145. The Bertz CT molecular complexity index is 459. The molecule has 0 saturated carbocycles. The molecule has 4 nitrogen and oxygen atoms in total. The van der Waals surface area contributed by atoms with Crippen LogP contribution in [0, 0.1) is 5.92 Å². The molecule has 0 aliphatic carbocycles. The Balaban J connectivity index is 2.81. The van der Waals surface area contributed by atoms with E-state index in [0.717, 1.165) is 6.42 Å². The van der Waals surface area contributed by atoms with Gasteiger partial charge in [0.25, 0.3) is 5.91 Å². The zero-order chi connectivity index (χ0) is 15.1. The maximum atomic E-state index is 12.4. The van der Waals surface area contributed by atoms with Gasteiger partial charge < -0.3 is 9.64 Å². The SMILES string of the molecule is CCCN(CC(C)C(=O)OC)C(=O)c1ccc(Cl)cc1. The number of amides is 1. The van der Waals surface area contributed by atoms with E-state index in [1.165, 1.54) is 7.11 Å². The van der Waals surface area contributed by atoms with Crippen LogP contribution in [-0.2, 0) is 9.53 Å². The summed E-state index contributed by atoms with van der Waals surface area (Å²) in [4.78, 5) is 25.6. The second kappa shape index (κ2) is 7.90. The van der Waals surface area contributed by atoms with Crippen molar-refractivity contribution in [2.75, 3.05) is 20.2 Å². The highest BCUT2D eigenvalue weighted by Gasteiger charge is 2.21. The number of hydrogen-bond donors (Lipinski definition) is 0.